The molecule has 0 saturated carbocycles. The summed E-state index contributed by atoms with van der Waals surface area (Å²) < 4.78 is 0. The maximum Gasteiger partial charge on any atom is 0.251 e. The topological polar surface area (TPSA) is 41.1 Å². The smallest absolute Gasteiger partial charge is 0.251 e. The van der Waals surface area contributed by atoms with Gasteiger partial charge in [-0.05, 0) is 37.5 Å². The van der Waals surface area contributed by atoms with Gasteiger partial charge in [-0.1, -0.05) is 33.3 Å². The lowest BCUT2D eigenvalue weighted by Crippen LogP contribution is -2.24. The van der Waals surface area contributed by atoms with E-state index in [1.165, 1.54) is 6.42 Å². The highest BCUT2D eigenvalue weighted by molar-refractivity contribution is 5.95. The van der Waals surface area contributed by atoms with Gasteiger partial charge in [0.15, 0.2) is 0 Å². The third-order valence-electron chi connectivity index (χ3n) is 3.16. The molecule has 19 heavy (non-hydrogen) atoms. The zero-order chi connectivity index (χ0) is 14.1. The van der Waals surface area contributed by atoms with Crippen LogP contribution < -0.4 is 10.6 Å². The molecule has 0 saturated heterocycles. The molecule has 0 aliphatic rings. The van der Waals surface area contributed by atoms with Crippen LogP contribution in [-0.4, -0.2) is 18.5 Å². The Morgan fingerprint density at radius 3 is 2.63 bits per heavy atom. The van der Waals surface area contributed by atoms with Crippen LogP contribution in [0.1, 0.15) is 56.8 Å². The van der Waals surface area contributed by atoms with E-state index in [1.807, 2.05) is 24.3 Å². The number of rotatable bonds is 8. The Hall–Kier alpha value is -1.51. The molecule has 1 aromatic carbocycles. The molecule has 0 spiro atoms. The van der Waals surface area contributed by atoms with Crippen molar-refractivity contribution >= 4 is 11.6 Å². The summed E-state index contributed by atoms with van der Waals surface area (Å²) in [5.74, 6) is 0.00837. The van der Waals surface area contributed by atoms with Crippen LogP contribution in [0, 0.1) is 0 Å². The minimum absolute atomic E-state index is 0.00837. The lowest BCUT2D eigenvalue weighted by Gasteiger charge is -2.18. The van der Waals surface area contributed by atoms with Crippen LogP contribution >= 0.6 is 0 Å². The first-order chi connectivity index (χ1) is 9.21. The Kier molecular flexibility index (Phi) is 7.01. The van der Waals surface area contributed by atoms with Crippen molar-refractivity contribution in [3.8, 4) is 0 Å². The molecule has 0 bridgehead atoms. The minimum atomic E-state index is 0.00837. The molecular weight excluding hydrogens is 236 g/mol. The summed E-state index contributed by atoms with van der Waals surface area (Å²) in [5, 5.41) is 6.40. The highest BCUT2D eigenvalue weighted by Crippen LogP contribution is 2.15. The van der Waals surface area contributed by atoms with Crippen LogP contribution in [0.15, 0.2) is 24.3 Å². The Bertz CT molecular complexity index is 390. The zero-order valence-electron chi connectivity index (χ0n) is 12.3. The predicted octanol–water partition coefficient (Wildman–Crippen LogP) is 3.82. The summed E-state index contributed by atoms with van der Waals surface area (Å²) in [6.45, 7) is 7.16. The molecule has 1 amide bonds. The van der Waals surface area contributed by atoms with E-state index in [-0.39, 0.29) is 5.91 Å². The highest BCUT2D eigenvalue weighted by Gasteiger charge is 2.08. The number of carbonyl (C=O) groups excluding carboxylic acids is 1. The predicted molar refractivity (Wildman–Crippen MR) is 81.7 cm³/mol. The third-order valence-corrected chi connectivity index (χ3v) is 3.16. The van der Waals surface area contributed by atoms with E-state index >= 15 is 0 Å². The quantitative estimate of drug-likeness (QED) is 0.748. The zero-order valence-corrected chi connectivity index (χ0v) is 12.3. The van der Waals surface area contributed by atoms with Gasteiger partial charge in [-0.3, -0.25) is 4.79 Å². The van der Waals surface area contributed by atoms with Gasteiger partial charge >= 0.3 is 0 Å². The SMILES string of the molecule is CCCNC(=O)c1cccc(NC(CC)CCC)c1. The summed E-state index contributed by atoms with van der Waals surface area (Å²) >= 11 is 0. The third kappa shape index (κ3) is 5.33. The molecule has 106 valence electrons. The van der Waals surface area contributed by atoms with Crippen molar-refractivity contribution in [1.82, 2.24) is 5.32 Å². The first-order valence-electron chi connectivity index (χ1n) is 7.36. The van der Waals surface area contributed by atoms with Crippen molar-refractivity contribution in [3.05, 3.63) is 29.8 Å². The number of nitrogens with one attached hydrogen (secondary N) is 2. The Labute approximate surface area is 116 Å². The maximum atomic E-state index is 11.9. The number of hydrogen-bond donors (Lipinski definition) is 2. The molecule has 1 unspecified atom stereocenters. The van der Waals surface area contributed by atoms with E-state index in [0.29, 0.717) is 6.04 Å². The second-order valence-corrected chi connectivity index (χ2v) is 4.87. The van der Waals surface area contributed by atoms with E-state index in [0.717, 1.165) is 37.1 Å². The monoisotopic (exact) mass is 262 g/mol. The first kappa shape index (κ1) is 15.5. The van der Waals surface area contributed by atoms with Crippen LogP contribution in [0.25, 0.3) is 0 Å². The Balaban J connectivity index is 2.68. The van der Waals surface area contributed by atoms with Gasteiger partial charge in [0, 0.05) is 23.8 Å². The van der Waals surface area contributed by atoms with Crippen molar-refractivity contribution in [2.75, 3.05) is 11.9 Å². The summed E-state index contributed by atoms with van der Waals surface area (Å²) in [7, 11) is 0. The maximum absolute atomic E-state index is 11.9. The van der Waals surface area contributed by atoms with Gasteiger partial charge in [0.25, 0.3) is 5.91 Å². The average molecular weight is 262 g/mol. The van der Waals surface area contributed by atoms with E-state index in [2.05, 4.69) is 31.4 Å². The molecule has 1 aromatic rings. The van der Waals surface area contributed by atoms with Crippen molar-refractivity contribution in [2.24, 2.45) is 0 Å². The number of hydrogen-bond acceptors (Lipinski definition) is 2. The summed E-state index contributed by atoms with van der Waals surface area (Å²) in [6, 6.07) is 8.23. The summed E-state index contributed by atoms with van der Waals surface area (Å²) in [6.07, 6.45) is 4.38. The van der Waals surface area contributed by atoms with Gasteiger partial charge in [0.05, 0.1) is 0 Å². The van der Waals surface area contributed by atoms with Gasteiger partial charge < -0.3 is 10.6 Å². The van der Waals surface area contributed by atoms with Gasteiger partial charge in [-0.15, -0.1) is 0 Å². The molecule has 0 radical (unpaired) electrons. The fraction of sp³-hybridized carbons (Fsp3) is 0.562. The molecule has 1 atom stereocenters. The second-order valence-electron chi connectivity index (χ2n) is 4.87. The normalized spacial score (nSPS) is 11.9. The van der Waals surface area contributed by atoms with Gasteiger partial charge in [0.2, 0.25) is 0 Å². The fourth-order valence-electron chi connectivity index (χ4n) is 2.05. The average Bonchev–Trinajstić information content (AvgIpc) is 2.44. The molecule has 0 heterocycles. The van der Waals surface area contributed by atoms with Crippen molar-refractivity contribution < 1.29 is 4.79 Å². The molecule has 3 heteroatoms. The van der Waals surface area contributed by atoms with E-state index in [4.69, 9.17) is 0 Å². The van der Waals surface area contributed by atoms with E-state index in [9.17, 15) is 4.79 Å². The highest BCUT2D eigenvalue weighted by atomic mass is 16.1. The number of carbonyl (C=O) groups is 1. The number of anilines is 1. The van der Waals surface area contributed by atoms with Crippen molar-refractivity contribution in [1.29, 1.82) is 0 Å². The van der Waals surface area contributed by atoms with Crippen LogP contribution in [-0.2, 0) is 0 Å². The largest absolute Gasteiger partial charge is 0.382 e. The van der Waals surface area contributed by atoms with E-state index in [1.54, 1.807) is 0 Å². The molecule has 0 aliphatic carbocycles. The van der Waals surface area contributed by atoms with Gasteiger partial charge in [0.1, 0.15) is 0 Å². The van der Waals surface area contributed by atoms with Crippen molar-refractivity contribution in [3.63, 3.8) is 0 Å². The van der Waals surface area contributed by atoms with Gasteiger partial charge in [-0.25, -0.2) is 0 Å². The Morgan fingerprint density at radius 1 is 1.21 bits per heavy atom. The fourth-order valence-corrected chi connectivity index (χ4v) is 2.05. The first-order valence-corrected chi connectivity index (χ1v) is 7.36. The van der Waals surface area contributed by atoms with E-state index < -0.39 is 0 Å². The molecular formula is C16H26N2O. The van der Waals surface area contributed by atoms with Gasteiger partial charge in [-0.2, -0.15) is 0 Å². The van der Waals surface area contributed by atoms with Crippen molar-refractivity contribution in [2.45, 2.75) is 52.5 Å². The van der Waals surface area contributed by atoms with Crippen LogP contribution in [0.5, 0.6) is 0 Å². The standard InChI is InChI=1S/C16H26N2O/c1-4-8-14(6-3)18-15-10-7-9-13(12-15)16(19)17-11-5-2/h7,9-10,12,14,18H,4-6,8,11H2,1-3H3,(H,17,19). The van der Waals surface area contributed by atoms with Crippen LogP contribution in [0.2, 0.25) is 0 Å². The van der Waals surface area contributed by atoms with Crippen LogP contribution in [0.3, 0.4) is 0 Å². The lowest BCUT2D eigenvalue weighted by atomic mass is 10.1. The summed E-state index contributed by atoms with van der Waals surface area (Å²) in [4.78, 5) is 11.9. The molecule has 1 rings (SSSR count). The lowest BCUT2D eigenvalue weighted by molar-refractivity contribution is 0.0953. The minimum Gasteiger partial charge on any atom is -0.382 e. The molecule has 2 N–H and O–H groups in total. The number of benzene rings is 1. The Morgan fingerprint density at radius 2 is 2.00 bits per heavy atom. The number of amides is 1. The molecule has 0 aromatic heterocycles. The molecule has 0 fully saturated rings. The molecule has 0 aliphatic heterocycles. The second kappa shape index (κ2) is 8.57. The van der Waals surface area contributed by atoms with Crippen LogP contribution in [0.4, 0.5) is 5.69 Å². The summed E-state index contributed by atoms with van der Waals surface area (Å²) in [5.41, 5.74) is 1.76. The molecule has 3 nitrogen and oxygen atoms in total.